The number of aryl methyl sites for hydroxylation is 2. The maximum atomic E-state index is 12.4. The molecule has 0 atom stereocenters. The fourth-order valence-corrected chi connectivity index (χ4v) is 4.14. The molecule has 0 saturated carbocycles. The molecule has 1 heterocycles. The second kappa shape index (κ2) is 5.98. The second-order valence-corrected chi connectivity index (χ2v) is 7.13. The molecule has 21 heavy (non-hydrogen) atoms. The zero-order valence-electron chi connectivity index (χ0n) is 11.6. The maximum absolute atomic E-state index is 12.4. The molecule has 0 spiro atoms. The van der Waals surface area contributed by atoms with Crippen LogP contribution in [0.4, 0.5) is 5.69 Å². The highest BCUT2D eigenvalue weighted by Crippen LogP contribution is 2.24. The Morgan fingerprint density at radius 1 is 1.29 bits per heavy atom. The van der Waals surface area contributed by atoms with Gasteiger partial charge in [-0.3, -0.25) is 10.6 Å². The summed E-state index contributed by atoms with van der Waals surface area (Å²) in [4.78, 5) is 13.6. The first kappa shape index (κ1) is 15.7. The number of nitrogen functional groups attached to an aromatic ring is 1. The number of thiazole rings is 1. The van der Waals surface area contributed by atoms with Gasteiger partial charge in [-0.25, -0.2) is 13.1 Å². The lowest BCUT2D eigenvalue weighted by atomic mass is 10.1. The number of aromatic amines is 1. The summed E-state index contributed by atoms with van der Waals surface area (Å²) in [5, 5.41) is 1.59. The number of hydrogen-bond donors (Lipinski definition) is 4. The van der Waals surface area contributed by atoms with E-state index in [1.807, 2.05) is 0 Å². The minimum atomic E-state index is -3.67. The fraction of sp³-hybridized carbons (Fsp3) is 0.250. The first-order chi connectivity index (χ1) is 9.83. The van der Waals surface area contributed by atoms with E-state index in [2.05, 4.69) is 15.1 Å². The van der Waals surface area contributed by atoms with E-state index < -0.39 is 10.0 Å². The van der Waals surface area contributed by atoms with Crippen LogP contribution in [0.25, 0.3) is 0 Å². The molecule has 2 aromatic rings. The summed E-state index contributed by atoms with van der Waals surface area (Å²) < 4.78 is 27.3. The van der Waals surface area contributed by atoms with Crippen molar-refractivity contribution in [1.82, 2.24) is 9.71 Å². The van der Waals surface area contributed by atoms with Crippen LogP contribution in [-0.4, -0.2) is 13.4 Å². The van der Waals surface area contributed by atoms with Crippen molar-refractivity contribution in [1.29, 1.82) is 0 Å². The Bertz CT molecular complexity index is 785. The number of rotatable bonds is 5. The van der Waals surface area contributed by atoms with E-state index in [4.69, 9.17) is 5.84 Å². The highest BCUT2D eigenvalue weighted by atomic mass is 32.2. The molecule has 1 aromatic heterocycles. The van der Waals surface area contributed by atoms with Crippen LogP contribution in [0.15, 0.2) is 27.2 Å². The summed E-state index contributed by atoms with van der Waals surface area (Å²) in [5.41, 5.74) is 4.85. The molecule has 0 radical (unpaired) electrons. The van der Waals surface area contributed by atoms with Crippen molar-refractivity contribution in [3.63, 3.8) is 0 Å². The second-order valence-electron chi connectivity index (χ2n) is 4.58. The molecule has 0 saturated heterocycles. The minimum absolute atomic E-state index is 0.0385. The van der Waals surface area contributed by atoms with Crippen molar-refractivity contribution in [2.45, 2.75) is 25.3 Å². The predicted molar refractivity (Wildman–Crippen MR) is 82.7 cm³/mol. The molecule has 5 N–H and O–H groups in total. The van der Waals surface area contributed by atoms with Gasteiger partial charge in [-0.1, -0.05) is 11.3 Å². The minimum Gasteiger partial charge on any atom is -0.324 e. The first-order valence-corrected chi connectivity index (χ1v) is 8.44. The molecule has 9 heteroatoms. The van der Waals surface area contributed by atoms with Gasteiger partial charge in [0.15, 0.2) is 0 Å². The lowest BCUT2D eigenvalue weighted by Gasteiger charge is -2.13. The summed E-state index contributed by atoms with van der Waals surface area (Å²) in [5.74, 6) is 5.34. The van der Waals surface area contributed by atoms with Crippen LogP contribution in [0.5, 0.6) is 0 Å². The van der Waals surface area contributed by atoms with Crippen molar-refractivity contribution in [3.8, 4) is 0 Å². The van der Waals surface area contributed by atoms with Gasteiger partial charge in [0, 0.05) is 16.8 Å². The number of anilines is 1. The number of hydrogen-bond acceptors (Lipinski definition) is 6. The molecule has 0 unspecified atom stereocenters. The standard InChI is InChI=1S/C12H16N4O3S2/c1-7-3-9(16-13)4-8(2)11(7)21(18,19)14-5-10-6-20-12(17)15-10/h3-4,6,14,16H,5,13H2,1-2H3,(H,15,17). The van der Waals surface area contributed by atoms with Gasteiger partial charge in [0.2, 0.25) is 10.0 Å². The Labute approximate surface area is 126 Å². The van der Waals surface area contributed by atoms with Gasteiger partial charge in [-0.15, -0.1) is 0 Å². The largest absolute Gasteiger partial charge is 0.324 e. The molecule has 0 bridgehead atoms. The van der Waals surface area contributed by atoms with Gasteiger partial charge in [-0.05, 0) is 37.1 Å². The van der Waals surface area contributed by atoms with Crippen molar-refractivity contribution < 1.29 is 8.42 Å². The Kier molecular flexibility index (Phi) is 4.47. The third-order valence-electron chi connectivity index (χ3n) is 2.92. The SMILES string of the molecule is Cc1cc(NN)cc(C)c1S(=O)(=O)NCc1csc(=O)[nH]1. The molecule has 2 rings (SSSR count). The number of nitrogens with two attached hydrogens (primary N) is 1. The van der Waals surface area contributed by atoms with Gasteiger partial charge < -0.3 is 10.4 Å². The number of benzene rings is 1. The highest BCUT2D eigenvalue weighted by molar-refractivity contribution is 7.89. The van der Waals surface area contributed by atoms with Gasteiger partial charge in [0.1, 0.15) is 0 Å². The number of sulfonamides is 1. The molecule has 114 valence electrons. The smallest absolute Gasteiger partial charge is 0.304 e. The third-order valence-corrected chi connectivity index (χ3v) is 5.34. The lowest BCUT2D eigenvalue weighted by molar-refractivity contribution is 0.579. The van der Waals surface area contributed by atoms with Crippen LogP contribution in [0.2, 0.25) is 0 Å². The average Bonchev–Trinajstić information content (AvgIpc) is 2.81. The quantitative estimate of drug-likeness (QED) is 0.479. The van der Waals surface area contributed by atoms with Gasteiger partial charge >= 0.3 is 4.87 Å². The Hall–Kier alpha value is -1.68. The van der Waals surface area contributed by atoms with Crippen molar-refractivity contribution >= 4 is 27.0 Å². The molecule has 0 amide bonds. The van der Waals surface area contributed by atoms with E-state index in [0.29, 0.717) is 22.5 Å². The van der Waals surface area contributed by atoms with E-state index in [1.165, 1.54) is 0 Å². The monoisotopic (exact) mass is 328 g/mol. The zero-order chi connectivity index (χ0) is 15.6. The van der Waals surface area contributed by atoms with Gasteiger partial charge in [-0.2, -0.15) is 0 Å². The van der Waals surface area contributed by atoms with Gasteiger partial charge in [0.25, 0.3) is 0 Å². The molecule has 0 fully saturated rings. The summed E-state index contributed by atoms with van der Waals surface area (Å²) in [6, 6.07) is 3.32. The first-order valence-electron chi connectivity index (χ1n) is 6.07. The molecule has 7 nitrogen and oxygen atoms in total. The third kappa shape index (κ3) is 3.50. The molecule has 0 aliphatic carbocycles. The summed E-state index contributed by atoms with van der Waals surface area (Å²) >= 11 is 0.994. The topological polar surface area (TPSA) is 117 Å². The van der Waals surface area contributed by atoms with Gasteiger partial charge in [0.05, 0.1) is 11.4 Å². The van der Waals surface area contributed by atoms with Crippen molar-refractivity contribution in [3.05, 3.63) is 44.0 Å². The predicted octanol–water partition coefficient (Wildman–Crippen LogP) is 0.817. The van der Waals surface area contributed by atoms with E-state index in [-0.39, 0.29) is 16.3 Å². The molecule has 0 aliphatic heterocycles. The van der Waals surface area contributed by atoms with E-state index in [1.54, 1.807) is 31.4 Å². The molecule has 0 aliphatic rings. The number of hydrazine groups is 1. The summed E-state index contributed by atoms with van der Waals surface area (Å²) in [7, 11) is -3.67. The van der Waals surface area contributed by atoms with Crippen molar-refractivity contribution in [2.75, 3.05) is 5.43 Å². The van der Waals surface area contributed by atoms with Crippen LogP contribution in [0, 0.1) is 13.8 Å². The van der Waals surface area contributed by atoms with E-state index >= 15 is 0 Å². The zero-order valence-corrected chi connectivity index (χ0v) is 13.2. The normalized spacial score (nSPS) is 11.6. The number of aromatic nitrogens is 1. The van der Waals surface area contributed by atoms with Crippen LogP contribution >= 0.6 is 11.3 Å². The Morgan fingerprint density at radius 2 is 1.90 bits per heavy atom. The lowest BCUT2D eigenvalue weighted by Crippen LogP contribution is -2.25. The van der Waals surface area contributed by atoms with E-state index in [0.717, 1.165) is 11.3 Å². The number of nitrogens with one attached hydrogen (secondary N) is 3. The summed E-state index contributed by atoms with van der Waals surface area (Å²) in [6.45, 7) is 3.45. The maximum Gasteiger partial charge on any atom is 0.304 e. The molecular weight excluding hydrogens is 312 g/mol. The van der Waals surface area contributed by atoms with Crippen LogP contribution in [0.1, 0.15) is 16.8 Å². The highest BCUT2D eigenvalue weighted by Gasteiger charge is 2.20. The summed E-state index contributed by atoms with van der Waals surface area (Å²) in [6.07, 6.45) is 0. The van der Waals surface area contributed by atoms with Crippen molar-refractivity contribution in [2.24, 2.45) is 5.84 Å². The average molecular weight is 328 g/mol. The number of H-pyrrole nitrogens is 1. The van der Waals surface area contributed by atoms with Crippen LogP contribution in [0.3, 0.4) is 0 Å². The fourth-order valence-electron chi connectivity index (χ4n) is 2.10. The molecular formula is C12H16N4O3S2. The van der Waals surface area contributed by atoms with E-state index in [9.17, 15) is 13.2 Å². The van der Waals surface area contributed by atoms with Crippen LogP contribution in [-0.2, 0) is 16.6 Å². The van der Waals surface area contributed by atoms with Crippen LogP contribution < -0.4 is 20.9 Å². The Morgan fingerprint density at radius 3 is 2.38 bits per heavy atom. The molecule has 1 aromatic carbocycles. The Balaban J connectivity index is 2.29.